The lowest BCUT2D eigenvalue weighted by Gasteiger charge is -2.15. The fraction of sp³-hybridized carbons (Fsp3) is 0. The van der Waals surface area contributed by atoms with E-state index >= 15 is 0 Å². The number of rotatable bonds is 4. The molecule has 0 saturated heterocycles. The summed E-state index contributed by atoms with van der Waals surface area (Å²) in [4.78, 5) is 0. The van der Waals surface area contributed by atoms with Gasteiger partial charge in [0.2, 0.25) is 0 Å². The van der Waals surface area contributed by atoms with Gasteiger partial charge >= 0.3 is 0 Å². The van der Waals surface area contributed by atoms with Gasteiger partial charge in [0.05, 0.1) is 0 Å². The summed E-state index contributed by atoms with van der Waals surface area (Å²) < 4.78 is 0. The van der Waals surface area contributed by atoms with E-state index in [0.717, 1.165) is 11.4 Å². The largest absolute Gasteiger partial charge is 0.355 e. The van der Waals surface area contributed by atoms with E-state index in [1.807, 2.05) is 0 Å². The highest BCUT2D eigenvalue weighted by Gasteiger charge is 2.10. The van der Waals surface area contributed by atoms with Crippen molar-refractivity contribution in [3.63, 3.8) is 0 Å². The van der Waals surface area contributed by atoms with E-state index < -0.39 is 0 Å². The molecule has 0 aliphatic rings. The van der Waals surface area contributed by atoms with E-state index in [0.29, 0.717) is 0 Å². The third-order valence-corrected chi connectivity index (χ3v) is 6.25. The van der Waals surface area contributed by atoms with Gasteiger partial charge < -0.3 is 5.32 Å². The summed E-state index contributed by atoms with van der Waals surface area (Å²) in [5.74, 6) is 0. The Labute approximate surface area is 194 Å². The molecule has 0 heterocycles. The summed E-state index contributed by atoms with van der Waals surface area (Å²) in [5.41, 5.74) is 7.07. The van der Waals surface area contributed by atoms with Gasteiger partial charge in [0.1, 0.15) is 0 Å². The van der Waals surface area contributed by atoms with Crippen molar-refractivity contribution in [3.8, 4) is 22.3 Å². The predicted octanol–water partition coefficient (Wildman–Crippen LogP) is 9.07. The molecule has 156 valence electrons. The molecular formula is C32H23N. The molecule has 6 rings (SSSR count). The Hall–Kier alpha value is -4.36. The van der Waals surface area contributed by atoms with Gasteiger partial charge in [-0.25, -0.2) is 0 Å². The van der Waals surface area contributed by atoms with Crippen molar-refractivity contribution < 1.29 is 0 Å². The monoisotopic (exact) mass is 421 g/mol. The molecule has 0 aliphatic heterocycles. The van der Waals surface area contributed by atoms with Crippen molar-refractivity contribution in [2.45, 2.75) is 0 Å². The number of para-hydroxylation sites is 1. The first-order valence-corrected chi connectivity index (χ1v) is 11.3. The maximum absolute atomic E-state index is 3.69. The van der Waals surface area contributed by atoms with Crippen LogP contribution in [-0.4, -0.2) is 0 Å². The molecule has 0 bridgehead atoms. The van der Waals surface area contributed by atoms with E-state index in [9.17, 15) is 0 Å². The number of hydrogen-bond acceptors (Lipinski definition) is 1. The second-order valence-corrected chi connectivity index (χ2v) is 8.30. The molecule has 1 N–H and O–H groups in total. The molecular weight excluding hydrogens is 398 g/mol. The Bertz CT molecular complexity index is 1590. The zero-order valence-corrected chi connectivity index (χ0v) is 18.2. The Morgan fingerprint density at radius 2 is 0.939 bits per heavy atom. The average molecular weight is 422 g/mol. The zero-order valence-electron chi connectivity index (χ0n) is 18.2. The molecule has 0 fully saturated rings. The summed E-state index contributed by atoms with van der Waals surface area (Å²) in [7, 11) is 0. The molecule has 1 heteroatoms. The van der Waals surface area contributed by atoms with Crippen LogP contribution in [-0.2, 0) is 0 Å². The average Bonchev–Trinajstić information content (AvgIpc) is 2.89. The third-order valence-electron chi connectivity index (χ3n) is 6.25. The van der Waals surface area contributed by atoms with Crippen molar-refractivity contribution in [1.29, 1.82) is 0 Å². The van der Waals surface area contributed by atoms with Crippen molar-refractivity contribution in [2.24, 2.45) is 0 Å². The number of anilines is 2. The SMILES string of the molecule is c1cc(Nc2ccccc2-c2cccc3ccccc23)cc(-c2cccc3ccccc23)c1. The third kappa shape index (κ3) is 3.64. The minimum atomic E-state index is 1.08. The van der Waals surface area contributed by atoms with Crippen LogP contribution in [0.1, 0.15) is 0 Å². The second kappa shape index (κ2) is 8.29. The highest BCUT2D eigenvalue weighted by Crippen LogP contribution is 2.36. The minimum absolute atomic E-state index is 1.08. The van der Waals surface area contributed by atoms with Crippen LogP contribution in [0.4, 0.5) is 11.4 Å². The first-order valence-electron chi connectivity index (χ1n) is 11.3. The van der Waals surface area contributed by atoms with Crippen molar-refractivity contribution in [2.75, 3.05) is 5.32 Å². The Morgan fingerprint density at radius 3 is 1.73 bits per heavy atom. The molecule has 0 radical (unpaired) electrons. The lowest BCUT2D eigenvalue weighted by Crippen LogP contribution is -1.94. The van der Waals surface area contributed by atoms with Gasteiger partial charge in [-0.2, -0.15) is 0 Å². The highest BCUT2D eigenvalue weighted by atomic mass is 14.9. The standard InChI is InChI=1S/C32H23N/c1-3-16-27-23(10-1)12-8-19-29(27)25-14-7-15-26(22-25)33-32-21-6-5-18-31(32)30-20-9-13-24-11-2-4-17-28(24)30/h1-22,33H. The van der Waals surface area contributed by atoms with Crippen LogP contribution in [0.5, 0.6) is 0 Å². The normalized spacial score (nSPS) is 11.0. The van der Waals surface area contributed by atoms with Gasteiger partial charge in [-0.1, -0.05) is 115 Å². The van der Waals surface area contributed by atoms with Crippen LogP contribution in [0.15, 0.2) is 133 Å². The van der Waals surface area contributed by atoms with Crippen molar-refractivity contribution >= 4 is 32.9 Å². The molecule has 0 aromatic heterocycles. The molecule has 0 amide bonds. The van der Waals surface area contributed by atoms with Crippen LogP contribution in [0.2, 0.25) is 0 Å². The van der Waals surface area contributed by atoms with Gasteiger partial charge in [0, 0.05) is 16.9 Å². The van der Waals surface area contributed by atoms with Gasteiger partial charge in [-0.05, 0) is 56.4 Å². The van der Waals surface area contributed by atoms with Crippen LogP contribution >= 0.6 is 0 Å². The maximum atomic E-state index is 3.69. The summed E-state index contributed by atoms with van der Waals surface area (Å²) in [6.45, 7) is 0. The molecule has 6 aromatic rings. The van der Waals surface area contributed by atoms with Gasteiger partial charge in [-0.15, -0.1) is 0 Å². The maximum Gasteiger partial charge on any atom is 0.0464 e. The Kier molecular flexibility index (Phi) is 4.86. The number of nitrogens with one attached hydrogen (secondary N) is 1. The van der Waals surface area contributed by atoms with Crippen LogP contribution < -0.4 is 5.32 Å². The summed E-state index contributed by atoms with van der Waals surface area (Å²) in [5, 5.41) is 8.74. The van der Waals surface area contributed by atoms with Gasteiger partial charge in [0.15, 0.2) is 0 Å². The molecule has 1 nitrogen and oxygen atoms in total. The van der Waals surface area contributed by atoms with E-state index in [4.69, 9.17) is 0 Å². The van der Waals surface area contributed by atoms with Crippen molar-refractivity contribution in [1.82, 2.24) is 0 Å². The molecule has 6 aromatic carbocycles. The lowest BCUT2D eigenvalue weighted by atomic mass is 9.96. The van der Waals surface area contributed by atoms with E-state index in [2.05, 4.69) is 139 Å². The predicted molar refractivity (Wildman–Crippen MR) is 142 cm³/mol. The van der Waals surface area contributed by atoms with Crippen LogP contribution in [0.25, 0.3) is 43.8 Å². The fourth-order valence-electron chi connectivity index (χ4n) is 4.68. The first kappa shape index (κ1) is 19.3. The van der Waals surface area contributed by atoms with E-state index in [1.165, 1.54) is 43.8 Å². The fourth-order valence-corrected chi connectivity index (χ4v) is 4.68. The molecule has 0 saturated carbocycles. The van der Waals surface area contributed by atoms with Crippen LogP contribution in [0, 0.1) is 0 Å². The summed E-state index contributed by atoms with van der Waals surface area (Å²) in [6, 6.07) is 47.4. The van der Waals surface area contributed by atoms with E-state index in [1.54, 1.807) is 0 Å². The number of fused-ring (bicyclic) bond motifs is 2. The van der Waals surface area contributed by atoms with Crippen LogP contribution in [0.3, 0.4) is 0 Å². The Balaban J connectivity index is 1.42. The first-order chi connectivity index (χ1) is 16.4. The molecule has 0 unspecified atom stereocenters. The quantitative estimate of drug-likeness (QED) is 0.299. The number of hydrogen-bond donors (Lipinski definition) is 1. The molecule has 0 aliphatic carbocycles. The van der Waals surface area contributed by atoms with E-state index in [-0.39, 0.29) is 0 Å². The highest BCUT2D eigenvalue weighted by molar-refractivity contribution is 6.00. The van der Waals surface area contributed by atoms with Crippen molar-refractivity contribution in [3.05, 3.63) is 133 Å². The second-order valence-electron chi connectivity index (χ2n) is 8.30. The van der Waals surface area contributed by atoms with Gasteiger partial charge in [-0.3, -0.25) is 0 Å². The molecule has 0 atom stereocenters. The minimum Gasteiger partial charge on any atom is -0.355 e. The topological polar surface area (TPSA) is 12.0 Å². The Morgan fingerprint density at radius 1 is 0.394 bits per heavy atom. The molecule has 0 spiro atoms. The lowest BCUT2D eigenvalue weighted by molar-refractivity contribution is 1.54. The zero-order chi connectivity index (χ0) is 22.0. The van der Waals surface area contributed by atoms with Gasteiger partial charge in [0.25, 0.3) is 0 Å². The smallest absolute Gasteiger partial charge is 0.0464 e. The number of benzene rings is 6. The summed E-state index contributed by atoms with van der Waals surface area (Å²) in [6.07, 6.45) is 0. The summed E-state index contributed by atoms with van der Waals surface area (Å²) >= 11 is 0. The molecule has 33 heavy (non-hydrogen) atoms.